The molecule has 0 aliphatic heterocycles. The summed E-state index contributed by atoms with van der Waals surface area (Å²) in [5, 5.41) is 0. The number of hydrogen-bond donors (Lipinski definition) is 2. The molecule has 0 aromatic heterocycles. The highest BCUT2D eigenvalue weighted by Crippen LogP contribution is 2.27. The van der Waals surface area contributed by atoms with Gasteiger partial charge in [-0.3, -0.25) is 0 Å². The topological polar surface area (TPSA) is 72.2 Å². The van der Waals surface area contributed by atoms with Crippen LogP contribution in [-0.2, 0) is 10.0 Å². The molecule has 1 fully saturated rings. The SMILES string of the molecule is CCC1CCC(NS(=O)(=O)c2cccc(C(C)N)c2)CC1. The van der Waals surface area contributed by atoms with E-state index >= 15 is 0 Å². The van der Waals surface area contributed by atoms with Crippen LogP contribution in [0.2, 0.25) is 0 Å². The Morgan fingerprint density at radius 2 is 1.95 bits per heavy atom. The van der Waals surface area contributed by atoms with Crippen LogP contribution < -0.4 is 10.5 Å². The van der Waals surface area contributed by atoms with Gasteiger partial charge < -0.3 is 5.73 Å². The maximum Gasteiger partial charge on any atom is 0.240 e. The minimum Gasteiger partial charge on any atom is -0.324 e. The summed E-state index contributed by atoms with van der Waals surface area (Å²) in [5.74, 6) is 0.757. The van der Waals surface area contributed by atoms with Crippen molar-refractivity contribution in [3.05, 3.63) is 29.8 Å². The number of nitrogens with one attached hydrogen (secondary N) is 1. The van der Waals surface area contributed by atoms with Crippen molar-refractivity contribution in [1.29, 1.82) is 0 Å². The largest absolute Gasteiger partial charge is 0.324 e. The molecule has 21 heavy (non-hydrogen) atoms. The Morgan fingerprint density at radius 1 is 1.29 bits per heavy atom. The fraction of sp³-hybridized carbons (Fsp3) is 0.625. The first kappa shape index (κ1) is 16.5. The first-order valence-corrected chi connectivity index (χ1v) is 9.28. The van der Waals surface area contributed by atoms with E-state index in [0.29, 0.717) is 4.90 Å². The summed E-state index contributed by atoms with van der Waals surface area (Å²) in [6.45, 7) is 4.06. The average Bonchev–Trinajstić information content (AvgIpc) is 2.48. The van der Waals surface area contributed by atoms with E-state index in [4.69, 9.17) is 5.73 Å². The zero-order valence-corrected chi connectivity index (χ0v) is 13.7. The van der Waals surface area contributed by atoms with Gasteiger partial charge in [0.1, 0.15) is 0 Å². The van der Waals surface area contributed by atoms with Gasteiger partial charge in [0.25, 0.3) is 0 Å². The van der Waals surface area contributed by atoms with Gasteiger partial charge in [0, 0.05) is 12.1 Å². The van der Waals surface area contributed by atoms with E-state index in [1.165, 1.54) is 6.42 Å². The fourth-order valence-corrected chi connectivity index (χ4v) is 4.30. The zero-order valence-electron chi connectivity index (χ0n) is 12.9. The van der Waals surface area contributed by atoms with Crippen molar-refractivity contribution >= 4 is 10.0 Å². The molecule has 0 radical (unpaired) electrons. The van der Waals surface area contributed by atoms with Crippen LogP contribution in [0.4, 0.5) is 0 Å². The van der Waals surface area contributed by atoms with E-state index in [-0.39, 0.29) is 12.1 Å². The van der Waals surface area contributed by atoms with Gasteiger partial charge >= 0.3 is 0 Å². The van der Waals surface area contributed by atoms with Crippen molar-refractivity contribution < 1.29 is 8.42 Å². The van der Waals surface area contributed by atoms with Crippen LogP contribution in [0.5, 0.6) is 0 Å². The van der Waals surface area contributed by atoms with Gasteiger partial charge in [0.2, 0.25) is 10.0 Å². The summed E-state index contributed by atoms with van der Waals surface area (Å²) in [6.07, 6.45) is 5.29. The normalized spacial score (nSPS) is 24.7. The summed E-state index contributed by atoms with van der Waals surface area (Å²) in [5.41, 5.74) is 6.67. The van der Waals surface area contributed by atoms with E-state index in [9.17, 15) is 8.42 Å². The van der Waals surface area contributed by atoms with Crippen molar-refractivity contribution in [2.75, 3.05) is 0 Å². The molecule has 1 saturated carbocycles. The Hall–Kier alpha value is -0.910. The van der Waals surface area contributed by atoms with Crippen LogP contribution in [0.3, 0.4) is 0 Å². The Morgan fingerprint density at radius 3 is 2.52 bits per heavy atom. The number of hydrogen-bond acceptors (Lipinski definition) is 3. The Kier molecular flexibility index (Phi) is 5.41. The van der Waals surface area contributed by atoms with Gasteiger partial charge in [-0.2, -0.15) is 0 Å². The molecule has 3 N–H and O–H groups in total. The molecule has 1 aliphatic rings. The lowest BCUT2D eigenvalue weighted by molar-refractivity contribution is 0.306. The van der Waals surface area contributed by atoms with Gasteiger partial charge in [0.15, 0.2) is 0 Å². The Bertz CT molecular complexity index is 561. The molecule has 1 unspecified atom stereocenters. The third-order valence-electron chi connectivity index (χ3n) is 4.44. The lowest BCUT2D eigenvalue weighted by Crippen LogP contribution is -2.37. The highest BCUT2D eigenvalue weighted by atomic mass is 32.2. The van der Waals surface area contributed by atoms with Crippen LogP contribution >= 0.6 is 0 Å². The summed E-state index contributed by atoms with van der Waals surface area (Å²) in [7, 11) is -3.45. The van der Waals surface area contributed by atoms with Crippen molar-refractivity contribution in [1.82, 2.24) is 4.72 Å². The van der Waals surface area contributed by atoms with Gasteiger partial charge in [0.05, 0.1) is 4.90 Å². The lowest BCUT2D eigenvalue weighted by Gasteiger charge is -2.28. The third-order valence-corrected chi connectivity index (χ3v) is 5.96. The molecule has 0 saturated heterocycles. The number of nitrogens with two attached hydrogens (primary N) is 1. The molecule has 118 valence electrons. The number of rotatable bonds is 5. The molecule has 0 amide bonds. The average molecular weight is 310 g/mol. The Labute approximate surface area is 128 Å². The smallest absolute Gasteiger partial charge is 0.240 e. The van der Waals surface area contributed by atoms with Crippen molar-refractivity contribution in [2.45, 2.75) is 62.9 Å². The second-order valence-electron chi connectivity index (χ2n) is 6.11. The maximum atomic E-state index is 12.5. The molecule has 0 heterocycles. The van der Waals surface area contributed by atoms with Crippen LogP contribution in [0.15, 0.2) is 29.2 Å². The van der Waals surface area contributed by atoms with Gasteiger partial charge in [-0.15, -0.1) is 0 Å². The molecule has 2 rings (SSSR count). The van der Waals surface area contributed by atoms with E-state index < -0.39 is 10.0 Å². The molecular formula is C16H26N2O2S. The molecule has 0 spiro atoms. The van der Waals surface area contributed by atoms with Gasteiger partial charge in [-0.25, -0.2) is 13.1 Å². The molecule has 1 aromatic carbocycles. The van der Waals surface area contributed by atoms with Crippen LogP contribution in [0, 0.1) is 5.92 Å². The standard InChI is InChI=1S/C16H26N2O2S/c1-3-13-7-9-15(10-8-13)18-21(19,20)16-6-4-5-14(11-16)12(2)17/h4-6,11-13,15,18H,3,7-10,17H2,1-2H3. The molecule has 1 atom stereocenters. The van der Waals surface area contributed by atoms with Crippen LogP contribution in [0.1, 0.15) is 57.6 Å². The minimum absolute atomic E-state index is 0.0664. The molecule has 1 aromatic rings. The zero-order chi connectivity index (χ0) is 15.5. The fourth-order valence-electron chi connectivity index (χ4n) is 2.94. The highest BCUT2D eigenvalue weighted by molar-refractivity contribution is 7.89. The van der Waals surface area contributed by atoms with E-state index in [1.54, 1.807) is 18.2 Å². The lowest BCUT2D eigenvalue weighted by atomic mass is 9.85. The molecular weight excluding hydrogens is 284 g/mol. The van der Waals surface area contributed by atoms with Gasteiger partial charge in [-0.1, -0.05) is 25.5 Å². The predicted molar refractivity (Wildman–Crippen MR) is 85.4 cm³/mol. The summed E-state index contributed by atoms with van der Waals surface area (Å²) in [4.78, 5) is 0.315. The monoisotopic (exact) mass is 310 g/mol. The maximum absolute atomic E-state index is 12.5. The van der Waals surface area contributed by atoms with Crippen LogP contribution in [-0.4, -0.2) is 14.5 Å². The summed E-state index contributed by atoms with van der Waals surface area (Å²) >= 11 is 0. The van der Waals surface area contributed by atoms with E-state index in [0.717, 1.165) is 37.2 Å². The minimum atomic E-state index is -3.45. The van der Waals surface area contributed by atoms with E-state index in [2.05, 4.69) is 11.6 Å². The molecule has 4 nitrogen and oxygen atoms in total. The number of sulfonamides is 1. The molecule has 5 heteroatoms. The molecule has 0 bridgehead atoms. The first-order valence-electron chi connectivity index (χ1n) is 7.80. The Balaban J connectivity index is 2.07. The second kappa shape index (κ2) is 6.90. The number of benzene rings is 1. The van der Waals surface area contributed by atoms with Crippen molar-refractivity contribution in [3.8, 4) is 0 Å². The third kappa shape index (κ3) is 4.28. The van der Waals surface area contributed by atoms with Crippen LogP contribution in [0.25, 0.3) is 0 Å². The van der Waals surface area contributed by atoms with Crippen molar-refractivity contribution in [2.24, 2.45) is 11.7 Å². The second-order valence-corrected chi connectivity index (χ2v) is 7.82. The first-order chi connectivity index (χ1) is 9.92. The predicted octanol–water partition coefficient (Wildman–Crippen LogP) is 2.95. The quantitative estimate of drug-likeness (QED) is 0.878. The summed E-state index contributed by atoms with van der Waals surface area (Å²) < 4.78 is 27.8. The van der Waals surface area contributed by atoms with Crippen molar-refractivity contribution in [3.63, 3.8) is 0 Å². The van der Waals surface area contributed by atoms with E-state index in [1.807, 2.05) is 13.0 Å². The molecule has 1 aliphatic carbocycles. The summed E-state index contributed by atoms with van der Waals surface area (Å²) in [6, 6.07) is 6.81. The highest BCUT2D eigenvalue weighted by Gasteiger charge is 2.25. The van der Waals surface area contributed by atoms with Gasteiger partial charge in [-0.05, 0) is 56.2 Å².